The Morgan fingerprint density at radius 2 is 2.10 bits per heavy atom. The molecule has 0 aliphatic carbocycles. The van der Waals surface area contributed by atoms with Crippen LogP contribution in [0.15, 0.2) is 29.4 Å². The summed E-state index contributed by atoms with van der Waals surface area (Å²) < 4.78 is 0. The van der Waals surface area contributed by atoms with Crippen LogP contribution < -0.4 is 5.73 Å². The van der Waals surface area contributed by atoms with Gasteiger partial charge in [0.25, 0.3) is 0 Å². The van der Waals surface area contributed by atoms with Crippen molar-refractivity contribution in [1.82, 2.24) is 9.88 Å². The molecule has 1 aromatic heterocycles. The molecule has 1 aliphatic heterocycles. The number of aliphatic imine (C=N–C) groups is 1. The van der Waals surface area contributed by atoms with Gasteiger partial charge >= 0.3 is 0 Å². The minimum absolute atomic E-state index is 0.714. The van der Waals surface area contributed by atoms with Crippen molar-refractivity contribution < 1.29 is 0 Å². The van der Waals surface area contributed by atoms with Gasteiger partial charge in [0.2, 0.25) is 0 Å². The van der Waals surface area contributed by atoms with Gasteiger partial charge < -0.3 is 15.6 Å². The van der Waals surface area contributed by atoms with Crippen LogP contribution in [0, 0.1) is 6.92 Å². The molecule has 0 atom stereocenters. The van der Waals surface area contributed by atoms with E-state index in [-0.39, 0.29) is 0 Å². The Bertz CT molecular complexity index is 635. The number of nitrogens with one attached hydrogen (secondary N) is 1. The lowest BCUT2D eigenvalue weighted by Gasteiger charge is -2.27. The van der Waals surface area contributed by atoms with E-state index in [1.807, 2.05) is 0 Å². The van der Waals surface area contributed by atoms with Gasteiger partial charge in [0, 0.05) is 36.7 Å². The molecule has 2 heterocycles. The first-order valence-electron chi connectivity index (χ1n) is 7.86. The zero-order chi connectivity index (χ0) is 14.7. The van der Waals surface area contributed by atoms with E-state index in [0.717, 1.165) is 26.1 Å². The predicted molar refractivity (Wildman–Crippen MR) is 88.7 cm³/mol. The van der Waals surface area contributed by atoms with Crippen LogP contribution in [-0.2, 0) is 6.42 Å². The highest BCUT2D eigenvalue weighted by Crippen LogP contribution is 2.22. The van der Waals surface area contributed by atoms with Gasteiger partial charge in [0.15, 0.2) is 5.96 Å². The van der Waals surface area contributed by atoms with Crippen LogP contribution in [-0.4, -0.2) is 35.5 Å². The number of aromatic amines is 1. The van der Waals surface area contributed by atoms with Crippen molar-refractivity contribution in [3.63, 3.8) is 0 Å². The first-order valence-corrected chi connectivity index (χ1v) is 7.86. The van der Waals surface area contributed by atoms with E-state index in [1.54, 1.807) is 0 Å². The van der Waals surface area contributed by atoms with Crippen molar-refractivity contribution in [2.24, 2.45) is 10.7 Å². The molecule has 0 bridgehead atoms. The quantitative estimate of drug-likeness (QED) is 0.672. The number of rotatable bonds is 3. The number of hydrogen-bond donors (Lipinski definition) is 2. The highest BCUT2D eigenvalue weighted by molar-refractivity contribution is 5.86. The van der Waals surface area contributed by atoms with Crippen LogP contribution >= 0.6 is 0 Å². The van der Waals surface area contributed by atoms with Gasteiger partial charge in [-0.05, 0) is 49.8 Å². The van der Waals surface area contributed by atoms with Gasteiger partial charge in [-0.2, -0.15) is 0 Å². The zero-order valence-corrected chi connectivity index (χ0v) is 12.7. The Morgan fingerprint density at radius 1 is 1.29 bits per heavy atom. The summed E-state index contributed by atoms with van der Waals surface area (Å²) in [6.45, 7) is 5.03. The number of guanidine groups is 1. The van der Waals surface area contributed by atoms with Crippen LogP contribution in [0.5, 0.6) is 0 Å². The zero-order valence-electron chi connectivity index (χ0n) is 12.7. The molecule has 0 saturated carbocycles. The lowest BCUT2D eigenvalue weighted by Crippen LogP contribution is -2.41. The second kappa shape index (κ2) is 6.20. The Kier molecular flexibility index (Phi) is 4.13. The molecular formula is C17H24N4. The van der Waals surface area contributed by atoms with E-state index in [4.69, 9.17) is 5.73 Å². The fraction of sp³-hybridized carbons (Fsp3) is 0.471. The second-order valence-electron chi connectivity index (χ2n) is 5.85. The molecule has 1 aromatic carbocycles. The minimum atomic E-state index is 0.714. The number of nitrogens with zero attached hydrogens (tertiary/aromatic N) is 2. The monoisotopic (exact) mass is 284 g/mol. The third-order valence-electron chi connectivity index (χ3n) is 4.33. The molecule has 0 unspecified atom stereocenters. The molecule has 1 saturated heterocycles. The fourth-order valence-corrected chi connectivity index (χ4v) is 3.16. The molecule has 3 rings (SSSR count). The minimum Gasteiger partial charge on any atom is -0.370 e. The first kappa shape index (κ1) is 14.0. The maximum absolute atomic E-state index is 6.10. The van der Waals surface area contributed by atoms with E-state index in [9.17, 15) is 0 Å². The maximum Gasteiger partial charge on any atom is 0.191 e. The van der Waals surface area contributed by atoms with Gasteiger partial charge in [-0.15, -0.1) is 0 Å². The predicted octanol–water partition coefficient (Wildman–Crippen LogP) is 2.82. The summed E-state index contributed by atoms with van der Waals surface area (Å²) in [5.41, 5.74) is 9.95. The van der Waals surface area contributed by atoms with Crippen molar-refractivity contribution in [1.29, 1.82) is 0 Å². The summed E-state index contributed by atoms with van der Waals surface area (Å²) >= 11 is 0. The standard InChI is InChI=1S/C17H24N4/c1-13-6-5-7-15-16(13)14(12-20-15)8-9-19-17(18)21-10-3-2-4-11-21/h5-7,12,20H,2-4,8-11H2,1H3,(H2,18,19). The molecular weight excluding hydrogens is 260 g/mol. The van der Waals surface area contributed by atoms with Gasteiger partial charge in [0.1, 0.15) is 0 Å². The van der Waals surface area contributed by atoms with E-state index in [0.29, 0.717) is 5.96 Å². The number of aromatic nitrogens is 1. The molecule has 1 aliphatic rings. The number of likely N-dealkylation sites (tertiary alicyclic amines) is 1. The normalized spacial score (nSPS) is 16.6. The van der Waals surface area contributed by atoms with Crippen LogP contribution in [0.3, 0.4) is 0 Å². The number of piperidine rings is 1. The molecule has 4 heteroatoms. The molecule has 1 fully saturated rings. The summed E-state index contributed by atoms with van der Waals surface area (Å²) in [6, 6.07) is 6.37. The largest absolute Gasteiger partial charge is 0.370 e. The van der Waals surface area contributed by atoms with Gasteiger partial charge in [-0.1, -0.05) is 12.1 Å². The van der Waals surface area contributed by atoms with E-state index in [1.165, 1.54) is 41.3 Å². The fourth-order valence-electron chi connectivity index (χ4n) is 3.16. The van der Waals surface area contributed by atoms with Crippen LogP contribution in [0.4, 0.5) is 0 Å². The number of H-pyrrole nitrogens is 1. The van der Waals surface area contributed by atoms with Crippen molar-refractivity contribution in [3.8, 4) is 0 Å². The third-order valence-corrected chi connectivity index (χ3v) is 4.33. The van der Waals surface area contributed by atoms with Crippen molar-refractivity contribution >= 4 is 16.9 Å². The average Bonchev–Trinajstić information content (AvgIpc) is 2.93. The van der Waals surface area contributed by atoms with Crippen molar-refractivity contribution in [2.75, 3.05) is 19.6 Å². The summed E-state index contributed by atoms with van der Waals surface area (Å²) in [5, 5.41) is 1.34. The lowest BCUT2D eigenvalue weighted by atomic mass is 10.1. The van der Waals surface area contributed by atoms with Crippen molar-refractivity contribution in [2.45, 2.75) is 32.6 Å². The molecule has 3 N–H and O–H groups in total. The molecule has 112 valence electrons. The highest BCUT2D eigenvalue weighted by atomic mass is 15.2. The smallest absolute Gasteiger partial charge is 0.191 e. The summed E-state index contributed by atoms with van der Waals surface area (Å²) in [5.74, 6) is 0.714. The lowest BCUT2D eigenvalue weighted by molar-refractivity contribution is 0.338. The number of nitrogens with two attached hydrogens (primary N) is 1. The Balaban J connectivity index is 1.66. The van der Waals surface area contributed by atoms with Crippen molar-refractivity contribution in [3.05, 3.63) is 35.5 Å². The second-order valence-corrected chi connectivity index (χ2v) is 5.85. The SMILES string of the molecule is Cc1cccc2[nH]cc(CCN=C(N)N3CCCCC3)c12. The first-order chi connectivity index (χ1) is 10.3. The topological polar surface area (TPSA) is 57.4 Å². The number of aryl methyl sites for hydroxylation is 1. The van der Waals surface area contributed by atoms with Crippen LogP contribution in [0.2, 0.25) is 0 Å². The summed E-state index contributed by atoms with van der Waals surface area (Å²) in [4.78, 5) is 10.1. The van der Waals surface area contributed by atoms with E-state index >= 15 is 0 Å². The summed E-state index contributed by atoms with van der Waals surface area (Å²) in [7, 11) is 0. The van der Waals surface area contributed by atoms with Crippen LogP contribution in [0.1, 0.15) is 30.4 Å². The summed E-state index contributed by atoms with van der Waals surface area (Å²) in [6.07, 6.45) is 6.82. The molecule has 21 heavy (non-hydrogen) atoms. The molecule has 0 amide bonds. The van der Waals surface area contributed by atoms with E-state index in [2.05, 4.69) is 46.2 Å². The molecule has 2 aromatic rings. The number of hydrogen-bond acceptors (Lipinski definition) is 1. The molecule has 0 spiro atoms. The Morgan fingerprint density at radius 3 is 2.90 bits per heavy atom. The number of fused-ring (bicyclic) bond motifs is 1. The van der Waals surface area contributed by atoms with Gasteiger partial charge in [-0.3, -0.25) is 4.99 Å². The molecule has 0 radical (unpaired) electrons. The number of benzene rings is 1. The maximum atomic E-state index is 6.10. The third kappa shape index (κ3) is 3.04. The van der Waals surface area contributed by atoms with E-state index < -0.39 is 0 Å². The van der Waals surface area contributed by atoms with Crippen LogP contribution in [0.25, 0.3) is 10.9 Å². The molecule has 4 nitrogen and oxygen atoms in total. The Hall–Kier alpha value is -1.97. The Labute approximate surface area is 126 Å². The van der Waals surface area contributed by atoms with Gasteiger partial charge in [0.05, 0.1) is 0 Å². The highest BCUT2D eigenvalue weighted by Gasteiger charge is 2.11. The van der Waals surface area contributed by atoms with Gasteiger partial charge in [-0.25, -0.2) is 0 Å². The average molecular weight is 284 g/mol.